The number of rotatable bonds is 5. The highest BCUT2D eigenvalue weighted by molar-refractivity contribution is 6.04. The van der Waals surface area contributed by atoms with Crippen molar-refractivity contribution in [3.05, 3.63) is 47.4 Å². The third-order valence-corrected chi connectivity index (χ3v) is 6.92. The summed E-state index contributed by atoms with van der Waals surface area (Å²) in [6, 6.07) is 6.56. The minimum absolute atomic E-state index is 0.0273. The Bertz CT molecular complexity index is 1090. The molecule has 3 N–H and O–H groups in total. The molecule has 1 aromatic carbocycles. The van der Waals surface area contributed by atoms with Gasteiger partial charge in [0, 0.05) is 37.1 Å². The number of anilines is 2. The third kappa shape index (κ3) is 5.47. The summed E-state index contributed by atoms with van der Waals surface area (Å²) < 4.78 is 51.6. The number of furan rings is 1. The molecule has 2 saturated heterocycles. The summed E-state index contributed by atoms with van der Waals surface area (Å²) in [5, 5.41) is 2.63. The van der Waals surface area contributed by atoms with E-state index in [1.807, 2.05) is 18.7 Å². The quantitative estimate of drug-likeness (QED) is 0.616. The van der Waals surface area contributed by atoms with Crippen molar-refractivity contribution in [3.63, 3.8) is 0 Å². The number of piperidine rings is 1. The lowest BCUT2D eigenvalue weighted by Crippen LogP contribution is -2.52. The van der Waals surface area contributed by atoms with Crippen molar-refractivity contribution < 1.29 is 31.9 Å². The molecule has 1 atom stereocenters. The Labute approximate surface area is 201 Å². The van der Waals surface area contributed by atoms with E-state index in [9.17, 15) is 22.8 Å². The number of carbonyl (C=O) groups is 2. The first kappa shape index (κ1) is 25.1. The molecule has 2 amide bonds. The van der Waals surface area contributed by atoms with E-state index in [2.05, 4.69) is 5.32 Å². The monoisotopic (exact) mass is 493 g/mol. The van der Waals surface area contributed by atoms with Gasteiger partial charge in [0.05, 0.1) is 16.9 Å². The molecule has 0 saturated carbocycles. The lowest BCUT2D eigenvalue weighted by Gasteiger charge is -2.47. The lowest BCUT2D eigenvalue weighted by molar-refractivity contribution is -0.137. The summed E-state index contributed by atoms with van der Waals surface area (Å²) in [4.78, 5) is 26.7. The average Bonchev–Trinajstić information content (AvgIpc) is 3.29. The molecule has 1 aromatic heterocycles. The highest BCUT2D eigenvalue weighted by atomic mass is 19.4. The van der Waals surface area contributed by atoms with Crippen LogP contribution in [0.15, 0.2) is 34.7 Å². The molecule has 2 aliphatic rings. The van der Waals surface area contributed by atoms with E-state index in [4.69, 9.17) is 14.9 Å². The molecule has 0 aliphatic carbocycles. The number of ether oxygens (including phenoxy) is 1. The van der Waals surface area contributed by atoms with E-state index in [0.717, 1.165) is 25.0 Å². The molecule has 0 spiro atoms. The number of primary amides is 1. The number of hydrogen-bond donors (Lipinski definition) is 2. The molecule has 7 nitrogen and oxygen atoms in total. The molecule has 0 bridgehead atoms. The van der Waals surface area contributed by atoms with Gasteiger partial charge in [0.1, 0.15) is 5.76 Å². The van der Waals surface area contributed by atoms with Crippen LogP contribution in [0.2, 0.25) is 0 Å². The fourth-order valence-electron chi connectivity index (χ4n) is 5.00. The van der Waals surface area contributed by atoms with E-state index in [1.54, 1.807) is 6.07 Å². The highest BCUT2D eigenvalue weighted by Crippen LogP contribution is 2.41. The summed E-state index contributed by atoms with van der Waals surface area (Å²) >= 11 is 0. The van der Waals surface area contributed by atoms with Crippen molar-refractivity contribution in [2.24, 2.45) is 11.7 Å². The Morgan fingerprint density at radius 1 is 1.11 bits per heavy atom. The van der Waals surface area contributed by atoms with Crippen LogP contribution in [0.5, 0.6) is 0 Å². The SMILES string of the molecule is CC1(C)CC(C(N)=O)CCN1c1ccc(C(F)(F)F)cc1NC(=O)c1ccc(C2CCOCC2)o1. The molecule has 1 unspecified atom stereocenters. The van der Waals surface area contributed by atoms with Crippen molar-refractivity contribution in [2.45, 2.75) is 57.2 Å². The molecule has 2 aliphatic heterocycles. The Balaban J connectivity index is 1.62. The number of alkyl halides is 3. The van der Waals surface area contributed by atoms with E-state index in [1.165, 1.54) is 12.1 Å². The molecule has 35 heavy (non-hydrogen) atoms. The first-order valence-corrected chi connectivity index (χ1v) is 11.7. The van der Waals surface area contributed by atoms with Gasteiger partial charge >= 0.3 is 6.18 Å². The zero-order valence-electron chi connectivity index (χ0n) is 19.8. The Hall–Kier alpha value is -3.01. The zero-order chi connectivity index (χ0) is 25.4. The summed E-state index contributed by atoms with van der Waals surface area (Å²) in [5.41, 5.74) is 4.52. The van der Waals surface area contributed by atoms with Crippen LogP contribution in [0.1, 0.15) is 67.3 Å². The van der Waals surface area contributed by atoms with Gasteiger partial charge in [-0.1, -0.05) is 0 Å². The first-order valence-electron chi connectivity index (χ1n) is 11.7. The molecule has 10 heteroatoms. The Morgan fingerprint density at radius 3 is 2.46 bits per heavy atom. The molecule has 190 valence electrons. The Morgan fingerprint density at radius 2 is 1.83 bits per heavy atom. The normalized spacial score (nSPS) is 21.1. The average molecular weight is 494 g/mol. The molecule has 4 rings (SSSR count). The van der Waals surface area contributed by atoms with Crippen LogP contribution < -0.4 is 16.0 Å². The number of benzene rings is 1. The van der Waals surface area contributed by atoms with Crippen LogP contribution in [0.4, 0.5) is 24.5 Å². The minimum atomic E-state index is -4.58. The summed E-state index contributed by atoms with van der Waals surface area (Å²) in [7, 11) is 0. The predicted octanol–water partition coefficient (Wildman–Crippen LogP) is 4.93. The van der Waals surface area contributed by atoms with Gasteiger partial charge in [0.15, 0.2) is 5.76 Å². The third-order valence-electron chi connectivity index (χ3n) is 6.92. The van der Waals surface area contributed by atoms with Crippen LogP contribution in [0.3, 0.4) is 0 Å². The van der Waals surface area contributed by atoms with Gasteiger partial charge in [0.2, 0.25) is 5.91 Å². The van der Waals surface area contributed by atoms with Crippen molar-refractivity contribution >= 4 is 23.2 Å². The van der Waals surface area contributed by atoms with Gasteiger partial charge in [-0.25, -0.2) is 0 Å². The van der Waals surface area contributed by atoms with E-state index in [0.29, 0.717) is 44.0 Å². The van der Waals surface area contributed by atoms with Crippen LogP contribution in [-0.4, -0.2) is 37.1 Å². The van der Waals surface area contributed by atoms with Crippen LogP contribution in [0, 0.1) is 5.92 Å². The molecule has 2 fully saturated rings. The number of hydrogen-bond acceptors (Lipinski definition) is 5. The molecular weight excluding hydrogens is 463 g/mol. The highest BCUT2D eigenvalue weighted by Gasteiger charge is 2.39. The molecule has 3 heterocycles. The fourth-order valence-corrected chi connectivity index (χ4v) is 5.00. The predicted molar refractivity (Wildman–Crippen MR) is 124 cm³/mol. The smallest absolute Gasteiger partial charge is 0.416 e. The van der Waals surface area contributed by atoms with E-state index < -0.39 is 29.1 Å². The van der Waals surface area contributed by atoms with Gasteiger partial charge in [0.25, 0.3) is 5.91 Å². The maximum absolute atomic E-state index is 13.5. The number of nitrogens with two attached hydrogens (primary N) is 1. The van der Waals surface area contributed by atoms with Crippen LogP contribution in [0.25, 0.3) is 0 Å². The van der Waals surface area contributed by atoms with Crippen molar-refractivity contribution in [1.29, 1.82) is 0 Å². The topological polar surface area (TPSA) is 97.8 Å². The Kier molecular flexibility index (Phi) is 6.86. The maximum atomic E-state index is 13.5. The molecular formula is C25H30F3N3O4. The first-order chi connectivity index (χ1) is 16.5. The largest absolute Gasteiger partial charge is 0.456 e. The van der Waals surface area contributed by atoms with Crippen molar-refractivity contribution in [2.75, 3.05) is 30.0 Å². The lowest BCUT2D eigenvalue weighted by atomic mass is 9.81. The van der Waals surface area contributed by atoms with Crippen LogP contribution >= 0.6 is 0 Å². The number of amides is 2. The van der Waals surface area contributed by atoms with Gasteiger partial charge in [-0.15, -0.1) is 0 Å². The van der Waals surface area contributed by atoms with Gasteiger partial charge < -0.3 is 25.1 Å². The second-order valence-electron chi connectivity index (χ2n) is 9.83. The molecule has 2 aromatic rings. The maximum Gasteiger partial charge on any atom is 0.416 e. The van der Waals surface area contributed by atoms with E-state index >= 15 is 0 Å². The number of nitrogens with one attached hydrogen (secondary N) is 1. The summed E-state index contributed by atoms with van der Waals surface area (Å²) in [6.07, 6.45) is -2.10. The summed E-state index contributed by atoms with van der Waals surface area (Å²) in [6.45, 7) is 5.44. The van der Waals surface area contributed by atoms with Gasteiger partial charge in [-0.3, -0.25) is 9.59 Å². The minimum Gasteiger partial charge on any atom is -0.456 e. The van der Waals surface area contributed by atoms with E-state index in [-0.39, 0.29) is 23.3 Å². The summed E-state index contributed by atoms with van der Waals surface area (Å²) in [5.74, 6) is -0.508. The van der Waals surface area contributed by atoms with Crippen molar-refractivity contribution in [3.8, 4) is 0 Å². The second kappa shape index (κ2) is 9.56. The van der Waals surface area contributed by atoms with Crippen LogP contribution in [-0.2, 0) is 15.7 Å². The number of nitrogens with zero attached hydrogens (tertiary/aromatic N) is 1. The van der Waals surface area contributed by atoms with Gasteiger partial charge in [-0.05, 0) is 69.9 Å². The van der Waals surface area contributed by atoms with Crippen molar-refractivity contribution in [1.82, 2.24) is 0 Å². The number of halogens is 3. The van der Waals surface area contributed by atoms with Gasteiger partial charge in [-0.2, -0.15) is 13.2 Å². The fraction of sp³-hybridized carbons (Fsp3) is 0.520. The standard InChI is InChI=1S/C25H30F3N3O4/c1-24(2)14-16(22(29)32)7-10-31(24)19-4-3-17(25(26,27)28)13-18(19)30-23(33)21-6-5-20(35-21)15-8-11-34-12-9-15/h3-6,13,15-16H,7-12,14H2,1-2H3,(H2,29,32)(H,30,33). The number of carbonyl (C=O) groups excluding carboxylic acids is 2. The second-order valence-corrected chi connectivity index (χ2v) is 9.83. The molecule has 0 radical (unpaired) electrons. The zero-order valence-corrected chi connectivity index (χ0v) is 19.8.